The van der Waals surface area contributed by atoms with Gasteiger partial charge in [0.25, 0.3) is 12.0 Å². The number of ether oxygens (including phenoxy) is 7. The van der Waals surface area contributed by atoms with Gasteiger partial charge in [-0.05, 0) is 101 Å². The Morgan fingerprint density at radius 3 is 1.98 bits per heavy atom. The van der Waals surface area contributed by atoms with Crippen molar-refractivity contribution in [1.82, 2.24) is 35.5 Å². The van der Waals surface area contributed by atoms with E-state index in [0.29, 0.717) is 123 Å². The van der Waals surface area contributed by atoms with Crippen LogP contribution in [0, 0.1) is 23.2 Å². The van der Waals surface area contributed by atoms with Crippen molar-refractivity contribution in [3.8, 4) is 40.0 Å². The number of methoxy groups -OCH3 is 3. The predicted molar refractivity (Wildman–Crippen MR) is 323 cm³/mol. The van der Waals surface area contributed by atoms with E-state index in [1.807, 2.05) is 55.4 Å². The van der Waals surface area contributed by atoms with Gasteiger partial charge in [-0.3, -0.25) is 14.4 Å². The van der Waals surface area contributed by atoms with Crippen molar-refractivity contribution in [3.63, 3.8) is 0 Å². The summed E-state index contributed by atoms with van der Waals surface area (Å²) in [6.45, 7) is 16.7. The zero-order valence-electron chi connectivity index (χ0n) is 50.4. The molecule has 0 spiro atoms. The first kappa shape index (κ1) is 63.2. The fourth-order valence-corrected chi connectivity index (χ4v) is 11.7. The number of aromatic nitrogens is 4. The summed E-state index contributed by atoms with van der Waals surface area (Å²) < 4.78 is 50.4. The number of hydrogen-bond donors (Lipinski definition) is 5. The van der Waals surface area contributed by atoms with Crippen LogP contribution in [-0.4, -0.2) is 145 Å². The van der Waals surface area contributed by atoms with E-state index in [9.17, 15) is 24.0 Å². The first-order valence-corrected chi connectivity index (χ1v) is 29.8. The molecule has 4 aromatic heterocycles. The highest BCUT2D eigenvalue weighted by atomic mass is 35.5. The van der Waals surface area contributed by atoms with Crippen LogP contribution >= 0.6 is 23.2 Å². The third kappa shape index (κ3) is 14.4. The summed E-state index contributed by atoms with van der Waals surface area (Å²) in [4.78, 5) is 86.5. The van der Waals surface area contributed by atoms with Crippen LogP contribution in [0.15, 0.2) is 62.6 Å². The van der Waals surface area contributed by atoms with Gasteiger partial charge in [-0.2, -0.15) is 9.97 Å². The van der Waals surface area contributed by atoms with Crippen LogP contribution in [0.3, 0.4) is 0 Å². The third-order valence-corrected chi connectivity index (χ3v) is 16.4. The van der Waals surface area contributed by atoms with Crippen LogP contribution in [0.1, 0.15) is 93.9 Å². The lowest BCUT2D eigenvalue weighted by atomic mass is 9.85. The molecule has 5 N–H and O–H groups in total. The summed E-state index contributed by atoms with van der Waals surface area (Å²) in [6.07, 6.45) is 5.32. The molecular formula is C61H77Cl2N9O14. The number of anilines is 2. The summed E-state index contributed by atoms with van der Waals surface area (Å²) in [5.74, 6) is 0.782. The topological polar surface area (TPSA) is 282 Å². The van der Waals surface area contributed by atoms with Crippen molar-refractivity contribution < 1.29 is 61.2 Å². The van der Waals surface area contributed by atoms with E-state index in [0.717, 1.165) is 12.8 Å². The molecule has 3 aliphatic carbocycles. The Kier molecular flexibility index (Phi) is 19.6. The first-order chi connectivity index (χ1) is 41.0. The van der Waals surface area contributed by atoms with E-state index >= 15 is 0 Å². The SMILES string of the molecule is CC[C@@H]1C[C@]1(NC(=O)[C@@H]1C[C@@H](Oc2cc(-c3coc(NC(C)C)n3)nc3c(Cl)c(OCCOC)ccc23)CN1C(=O)[C@@H](NC(=O)OC1C[C@@H]2C[C@@H]2C1)C(C)(C)C)C(=O)OC.COCCOc1ccc2c(=O)cc(-c3coc(NC(C)C)n3)[nH]c2c1Cl. The molecule has 4 aliphatic rings. The molecule has 8 atom stereocenters. The summed E-state index contributed by atoms with van der Waals surface area (Å²) in [7, 11) is 4.46. The monoisotopic (exact) mass is 1230 g/mol. The number of rotatable bonds is 23. The Hall–Kier alpha value is -7.34. The van der Waals surface area contributed by atoms with Gasteiger partial charge in [0.2, 0.25) is 11.8 Å². The molecule has 1 unspecified atom stereocenters. The maximum absolute atomic E-state index is 14.8. The Labute approximate surface area is 508 Å². The first-order valence-electron chi connectivity index (χ1n) is 29.1. The minimum absolute atomic E-state index is 0.0217. The van der Waals surface area contributed by atoms with Gasteiger partial charge in [-0.15, -0.1) is 0 Å². The summed E-state index contributed by atoms with van der Waals surface area (Å²) in [5.41, 5.74) is 0.550. The van der Waals surface area contributed by atoms with Gasteiger partial charge in [-0.25, -0.2) is 14.6 Å². The Balaban J connectivity index is 0.000000282. The Morgan fingerprint density at radius 1 is 0.767 bits per heavy atom. The van der Waals surface area contributed by atoms with Crippen LogP contribution in [-0.2, 0) is 33.3 Å². The number of likely N-dealkylation sites (tertiary alicyclic amines) is 1. The maximum atomic E-state index is 14.8. The van der Waals surface area contributed by atoms with Crippen molar-refractivity contribution in [1.29, 1.82) is 0 Å². The summed E-state index contributed by atoms with van der Waals surface area (Å²) >= 11 is 13.4. The van der Waals surface area contributed by atoms with E-state index in [1.165, 1.54) is 37.0 Å². The van der Waals surface area contributed by atoms with Crippen LogP contribution < -0.4 is 40.9 Å². The molecule has 25 heteroatoms. The van der Waals surface area contributed by atoms with Crippen LogP contribution in [0.5, 0.6) is 17.2 Å². The number of pyridine rings is 2. The van der Waals surface area contributed by atoms with Crippen molar-refractivity contribution in [2.24, 2.45) is 23.2 Å². The van der Waals surface area contributed by atoms with Crippen LogP contribution in [0.25, 0.3) is 44.6 Å². The number of carbonyl (C=O) groups is 4. The summed E-state index contributed by atoms with van der Waals surface area (Å²) in [6, 6.07) is 8.86. The molecule has 23 nitrogen and oxygen atoms in total. The lowest BCUT2D eigenvalue weighted by Crippen LogP contribution is -2.59. The average Bonchev–Trinajstić information content (AvgIpc) is 1.57. The summed E-state index contributed by atoms with van der Waals surface area (Å²) in [5, 5.41) is 13.6. The highest BCUT2D eigenvalue weighted by Crippen LogP contribution is 2.53. The molecule has 3 amide bonds. The number of fused-ring (bicyclic) bond motifs is 3. The Morgan fingerprint density at radius 2 is 1.38 bits per heavy atom. The molecule has 0 radical (unpaired) electrons. The molecule has 3 saturated carbocycles. The van der Waals surface area contributed by atoms with Gasteiger partial charge in [0.15, 0.2) is 5.43 Å². The molecule has 86 heavy (non-hydrogen) atoms. The fourth-order valence-electron chi connectivity index (χ4n) is 11.1. The average molecular weight is 1230 g/mol. The third-order valence-electron chi connectivity index (χ3n) is 15.7. The number of benzene rings is 2. The second kappa shape index (κ2) is 26.7. The molecule has 10 rings (SSSR count). The number of oxazole rings is 2. The van der Waals surface area contributed by atoms with Crippen molar-refractivity contribution in [2.45, 2.75) is 136 Å². The van der Waals surface area contributed by atoms with Crippen LogP contribution in [0.2, 0.25) is 10.0 Å². The minimum Gasteiger partial charge on any atom is -0.490 e. The maximum Gasteiger partial charge on any atom is 0.408 e. The molecule has 6 aromatic rings. The van der Waals surface area contributed by atoms with Gasteiger partial charge < -0.3 is 73.1 Å². The molecular weight excluding hydrogens is 1150 g/mol. The number of H-pyrrole nitrogens is 1. The van der Waals surface area contributed by atoms with Gasteiger partial charge in [-0.1, -0.05) is 57.3 Å². The van der Waals surface area contributed by atoms with Crippen molar-refractivity contribution >= 4 is 80.9 Å². The highest BCUT2D eigenvalue weighted by Gasteiger charge is 2.62. The van der Waals surface area contributed by atoms with Gasteiger partial charge >= 0.3 is 12.1 Å². The Bertz CT molecular complexity index is 3480. The van der Waals surface area contributed by atoms with E-state index in [1.54, 1.807) is 44.6 Å². The minimum atomic E-state index is -1.20. The second-order valence-electron chi connectivity index (χ2n) is 23.9. The molecule has 464 valence electrons. The zero-order chi connectivity index (χ0) is 61.8. The normalized spacial score (nSPS) is 21.5. The number of nitrogens with zero attached hydrogens (tertiary/aromatic N) is 4. The second-order valence-corrected chi connectivity index (χ2v) is 24.7. The standard InChI is InChI=1S/C43H57ClN6O10.C18H20ClN3O4/c1-9-25-19-43(25,39(53)56-8)49-37(51)31-17-27(20-50(31)38(52)36(42(4,5)6)48-41(54)60-26-15-23-14-24(23)16-26)59-33-18-29(30-21-58-40(47-30)45-22(2)3)46-35-28(33)10-11-32(34(35)44)57-13-12-55-7;1-10(2)20-18-22-13(9-26-18)12-8-14(23)11-4-5-15(25-7-6-24-3)16(19)17(11)21-12/h10-11,18,21-27,31,36H,9,12-17,19-20H2,1-8H3,(H,45,47)(H,48,54)(H,49,51);4-5,8-10H,6-7H2,1-3H3,(H,20,22)(H,21,23)/t23-,24+,25-,26?,27-,31+,36-,43-;/m1./s1. The molecule has 5 heterocycles. The van der Waals surface area contributed by atoms with E-state index in [-0.39, 0.29) is 54.1 Å². The fraction of sp³-hybridized carbons (Fsp3) is 0.541. The number of amides is 3. The highest BCUT2D eigenvalue weighted by molar-refractivity contribution is 6.37. The number of esters is 1. The van der Waals surface area contributed by atoms with Crippen LogP contribution in [0.4, 0.5) is 16.8 Å². The molecule has 1 saturated heterocycles. The van der Waals surface area contributed by atoms with E-state index in [4.69, 9.17) is 70.2 Å². The number of aromatic amines is 1. The van der Waals surface area contributed by atoms with Crippen molar-refractivity contribution in [2.75, 3.05) is 64.9 Å². The molecule has 0 bridgehead atoms. The van der Waals surface area contributed by atoms with E-state index in [2.05, 4.69) is 36.2 Å². The number of nitrogens with one attached hydrogen (secondary N) is 5. The van der Waals surface area contributed by atoms with E-state index < -0.39 is 53.0 Å². The van der Waals surface area contributed by atoms with Crippen molar-refractivity contribution in [3.05, 3.63) is 69.2 Å². The quantitative estimate of drug-likeness (QED) is 0.0295. The largest absolute Gasteiger partial charge is 0.490 e. The molecule has 1 aliphatic heterocycles. The van der Waals surface area contributed by atoms with Gasteiger partial charge in [0.1, 0.15) is 94.3 Å². The molecule has 4 fully saturated rings. The lowest BCUT2D eigenvalue weighted by molar-refractivity contribution is -0.148. The lowest BCUT2D eigenvalue weighted by Gasteiger charge is -2.35. The smallest absolute Gasteiger partial charge is 0.408 e. The number of carbonyl (C=O) groups excluding carboxylic acids is 4. The molecule has 2 aromatic carbocycles. The van der Waals surface area contributed by atoms with Gasteiger partial charge in [0.05, 0.1) is 49.3 Å². The van der Waals surface area contributed by atoms with Gasteiger partial charge in [0, 0.05) is 55.6 Å². The predicted octanol–water partition coefficient (Wildman–Crippen LogP) is 9.82. The number of hydrogen-bond acceptors (Lipinski definition) is 19. The zero-order valence-corrected chi connectivity index (χ0v) is 51.9. The number of alkyl carbamates (subject to hydrolysis) is 1. The number of halogens is 2.